The predicted octanol–water partition coefficient (Wildman–Crippen LogP) is 3.07. The van der Waals surface area contributed by atoms with Gasteiger partial charge in [-0.25, -0.2) is 4.79 Å². The van der Waals surface area contributed by atoms with E-state index in [0.29, 0.717) is 17.9 Å². The van der Waals surface area contributed by atoms with Crippen LogP contribution < -0.4 is 10.6 Å². The monoisotopic (exact) mass is 349 g/mol. The zero-order valence-corrected chi connectivity index (χ0v) is 15.3. The lowest BCUT2D eigenvalue weighted by atomic mass is 9.71. The van der Waals surface area contributed by atoms with Crippen molar-refractivity contribution < 1.29 is 9.59 Å². The minimum absolute atomic E-state index is 0.134. The van der Waals surface area contributed by atoms with E-state index in [-0.39, 0.29) is 29.6 Å². The highest BCUT2D eigenvalue weighted by Gasteiger charge is 2.58. The first-order chi connectivity index (χ1) is 11.0. The van der Waals surface area contributed by atoms with Gasteiger partial charge >= 0.3 is 6.03 Å². The SMILES string of the molecule is CC1(C)CC2(CC(C)(C)N1)NC(=O)N(Cc1ccc(Cl)cc1)C2=O. The molecule has 24 heavy (non-hydrogen) atoms. The molecule has 3 rings (SSSR count). The minimum Gasteiger partial charge on any atom is -0.323 e. The summed E-state index contributed by atoms with van der Waals surface area (Å²) < 4.78 is 0. The summed E-state index contributed by atoms with van der Waals surface area (Å²) in [4.78, 5) is 26.9. The number of urea groups is 1. The van der Waals surface area contributed by atoms with Crippen molar-refractivity contribution in [2.24, 2.45) is 0 Å². The van der Waals surface area contributed by atoms with Gasteiger partial charge in [-0.15, -0.1) is 0 Å². The van der Waals surface area contributed by atoms with Crippen LogP contribution in [0.15, 0.2) is 24.3 Å². The van der Waals surface area contributed by atoms with Gasteiger partial charge in [0.25, 0.3) is 5.91 Å². The first kappa shape index (κ1) is 17.2. The van der Waals surface area contributed by atoms with Crippen molar-refractivity contribution in [3.63, 3.8) is 0 Å². The van der Waals surface area contributed by atoms with Crippen LogP contribution in [-0.4, -0.2) is 33.5 Å². The molecule has 5 nitrogen and oxygen atoms in total. The van der Waals surface area contributed by atoms with Gasteiger partial charge in [-0.2, -0.15) is 0 Å². The van der Waals surface area contributed by atoms with E-state index in [1.165, 1.54) is 4.90 Å². The summed E-state index contributed by atoms with van der Waals surface area (Å²) in [6.45, 7) is 8.53. The van der Waals surface area contributed by atoms with Crippen LogP contribution in [0.2, 0.25) is 5.02 Å². The van der Waals surface area contributed by atoms with Crippen LogP contribution in [0.4, 0.5) is 4.79 Å². The standard InChI is InChI=1S/C18H24ClN3O2/c1-16(2)10-18(11-17(3,4)21-16)14(23)22(15(24)20-18)9-12-5-7-13(19)8-6-12/h5-8,21H,9-11H2,1-4H3,(H,20,24). The van der Waals surface area contributed by atoms with Gasteiger partial charge in [-0.3, -0.25) is 9.69 Å². The molecule has 2 aliphatic heterocycles. The van der Waals surface area contributed by atoms with E-state index >= 15 is 0 Å². The third-order valence-corrected chi connectivity index (χ3v) is 4.92. The fourth-order valence-electron chi connectivity index (χ4n) is 4.41. The third-order valence-electron chi connectivity index (χ3n) is 4.66. The number of rotatable bonds is 2. The summed E-state index contributed by atoms with van der Waals surface area (Å²) >= 11 is 5.90. The van der Waals surface area contributed by atoms with Gasteiger partial charge in [0.15, 0.2) is 0 Å². The molecular weight excluding hydrogens is 326 g/mol. The molecule has 0 saturated carbocycles. The van der Waals surface area contributed by atoms with Crippen LogP contribution in [0, 0.1) is 0 Å². The zero-order chi connectivity index (χ0) is 17.8. The van der Waals surface area contributed by atoms with Crippen molar-refractivity contribution in [1.82, 2.24) is 15.5 Å². The Hall–Kier alpha value is -1.59. The average Bonchev–Trinajstić information content (AvgIpc) is 2.61. The molecule has 0 bridgehead atoms. The van der Waals surface area contributed by atoms with E-state index in [1.807, 2.05) is 12.1 Å². The van der Waals surface area contributed by atoms with E-state index in [9.17, 15) is 9.59 Å². The zero-order valence-electron chi connectivity index (χ0n) is 14.6. The van der Waals surface area contributed by atoms with E-state index in [4.69, 9.17) is 11.6 Å². The quantitative estimate of drug-likeness (QED) is 0.807. The van der Waals surface area contributed by atoms with Gasteiger partial charge < -0.3 is 10.6 Å². The lowest BCUT2D eigenvalue weighted by Gasteiger charge is -2.50. The van der Waals surface area contributed by atoms with E-state index < -0.39 is 5.54 Å². The van der Waals surface area contributed by atoms with Crippen molar-refractivity contribution in [2.75, 3.05) is 0 Å². The Bertz CT molecular complexity index is 666. The first-order valence-electron chi connectivity index (χ1n) is 8.20. The van der Waals surface area contributed by atoms with E-state index in [1.54, 1.807) is 12.1 Å². The molecule has 0 atom stereocenters. The molecule has 1 aromatic rings. The fraction of sp³-hybridized carbons (Fsp3) is 0.556. The van der Waals surface area contributed by atoms with Crippen LogP contribution in [0.25, 0.3) is 0 Å². The van der Waals surface area contributed by atoms with Crippen molar-refractivity contribution in [1.29, 1.82) is 0 Å². The number of carbonyl (C=O) groups excluding carboxylic acids is 2. The molecule has 0 unspecified atom stereocenters. The number of hydrogen-bond acceptors (Lipinski definition) is 3. The first-order valence-corrected chi connectivity index (χ1v) is 8.58. The number of nitrogens with one attached hydrogen (secondary N) is 2. The lowest BCUT2D eigenvalue weighted by Crippen LogP contribution is -2.68. The van der Waals surface area contributed by atoms with Crippen molar-refractivity contribution >= 4 is 23.5 Å². The Balaban J connectivity index is 1.87. The Morgan fingerprint density at radius 1 is 1.04 bits per heavy atom. The average molecular weight is 350 g/mol. The Morgan fingerprint density at radius 3 is 2.12 bits per heavy atom. The molecule has 2 fully saturated rings. The lowest BCUT2D eigenvalue weighted by molar-refractivity contribution is -0.135. The Morgan fingerprint density at radius 2 is 1.58 bits per heavy atom. The topological polar surface area (TPSA) is 61.4 Å². The van der Waals surface area contributed by atoms with Gasteiger partial charge in [-0.1, -0.05) is 23.7 Å². The number of hydrogen-bond donors (Lipinski definition) is 2. The van der Waals surface area contributed by atoms with Crippen molar-refractivity contribution in [2.45, 2.75) is 63.7 Å². The molecule has 0 aliphatic carbocycles. The highest BCUT2D eigenvalue weighted by molar-refractivity contribution is 6.30. The maximum Gasteiger partial charge on any atom is 0.325 e. The number of benzene rings is 1. The number of nitrogens with zero attached hydrogens (tertiary/aromatic N) is 1. The summed E-state index contributed by atoms with van der Waals surface area (Å²) in [5.74, 6) is -0.134. The predicted molar refractivity (Wildman–Crippen MR) is 93.8 cm³/mol. The second-order valence-corrected chi connectivity index (χ2v) is 8.71. The molecule has 3 amide bonds. The van der Waals surface area contributed by atoms with Gasteiger partial charge in [0, 0.05) is 16.1 Å². The van der Waals surface area contributed by atoms with Gasteiger partial charge in [0.1, 0.15) is 5.54 Å². The van der Waals surface area contributed by atoms with E-state index in [0.717, 1.165) is 5.56 Å². The molecule has 1 spiro atoms. The largest absolute Gasteiger partial charge is 0.325 e. The molecule has 130 valence electrons. The summed E-state index contributed by atoms with van der Waals surface area (Å²) in [5.41, 5.74) is -0.420. The van der Waals surface area contributed by atoms with Crippen LogP contribution in [0.1, 0.15) is 46.1 Å². The van der Waals surface area contributed by atoms with Crippen LogP contribution in [-0.2, 0) is 11.3 Å². The molecular formula is C18H24ClN3O2. The third kappa shape index (κ3) is 3.15. The Labute approximate surface area is 147 Å². The summed E-state index contributed by atoms with van der Waals surface area (Å²) in [6.07, 6.45) is 1.15. The van der Waals surface area contributed by atoms with Crippen molar-refractivity contribution in [3.05, 3.63) is 34.9 Å². The summed E-state index contributed by atoms with van der Waals surface area (Å²) in [5, 5.41) is 7.17. The Kier molecular flexibility index (Phi) is 3.92. The summed E-state index contributed by atoms with van der Waals surface area (Å²) in [7, 11) is 0. The van der Waals surface area contributed by atoms with Gasteiger partial charge in [-0.05, 0) is 58.2 Å². The second kappa shape index (κ2) is 5.46. The van der Waals surface area contributed by atoms with Gasteiger partial charge in [0.05, 0.1) is 6.54 Å². The minimum atomic E-state index is -0.832. The van der Waals surface area contributed by atoms with Gasteiger partial charge in [0.2, 0.25) is 0 Å². The molecule has 2 saturated heterocycles. The molecule has 1 aromatic carbocycles. The molecule has 0 aromatic heterocycles. The number of amides is 3. The maximum absolute atomic E-state index is 13.1. The number of piperidine rings is 1. The summed E-state index contributed by atoms with van der Waals surface area (Å²) in [6, 6.07) is 6.89. The number of imide groups is 1. The molecule has 2 heterocycles. The number of carbonyl (C=O) groups is 2. The molecule has 2 N–H and O–H groups in total. The van der Waals surface area contributed by atoms with E-state index in [2.05, 4.69) is 38.3 Å². The highest BCUT2D eigenvalue weighted by atomic mass is 35.5. The molecule has 2 aliphatic rings. The highest BCUT2D eigenvalue weighted by Crippen LogP contribution is 2.40. The fourth-order valence-corrected chi connectivity index (χ4v) is 4.53. The molecule has 0 radical (unpaired) electrons. The molecule has 6 heteroatoms. The number of halogens is 1. The van der Waals surface area contributed by atoms with Crippen LogP contribution in [0.3, 0.4) is 0 Å². The van der Waals surface area contributed by atoms with Crippen LogP contribution >= 0.6 is 11.6 Å². The smallest absolute Gasteiger partial charge is 0.323 e. The maximum atomic E-state index is 13.1. The second-order valence-electron chi connectivity index (χ2n) is 8.28. The van der Waals surface area contributed by atoms with Crippen LogP contribution in [0.5, 0.6) is 0 Å². The van der Waals surface area contributed by atoms with Crippen molar-refractivity contribution in [3.8, 4) is 0 Å². The normalized spacial score (nSPS) is 24.3.